The first-order valence-electron chi connectivity index (χ1n) is 5.02. The average Bonchev–Trinajstić information content (AvgIpc) is 2.19. The number of aromatic carboxylic acids is 1. The van der Waals surface area contributed by atoms with Gasteiger partial charge in [0.15, 0.2) is 0 Å². The molecule has 0 aliphatic carbocycles. The fraction of sp³-hybridized carbons (Fsp3) is 0.455. The molecule has 1 heterocycles. The molecule has 3 N–H and O–H groups in total. The van der Waals surface area contributed by atoms with E-state index in [1.54, 1.807) is 0 Å². The number of nitrogens with zero attached hydrogens (tertiary/aromatic N) is 1. The van der Waals surface area contributed by atoms with E-state index in [0.29, 0.717) is 23.7 Å². The lowest BCUT2D eigenvalue weighted by Gasteiger charge is -2.11. The molecule has 0 radical (unpaired) electrons. The van der Waals surface area contributed by atoms with E-state index in [9.17, 15) is 4.79 Å². The molecular weight excluding hydrogens is 208 g/mol. The second-order valence-electron chi connectivity index (χ2n) is 3.98. The van der Waals surface area contributed by atoms with Gasteiger partial charge in [0.2, 0.25) is 5.88 Å². The first-order chi connectivity index (χ1) is 7.45. The summed E-state index contributed by atoms with van der Waals surface area (Å²) in [7, 11) is 1.39. The van der Waals surface area contributed by atoms with Crippen molar-refractivity contribution in [2.45, 2.75) is 20.3 Å². The zero-order valence-electron chi connectivity index (χ0n) is 9.65. The van der Waals surface area contributed by atoms with Crippen molar-refractivity contribution in [2.24, 2.45) is 5.92 Å². The summed E-state index contributed by atoms with van der Waals surface area (Å²) in [5, 5.41) is 8.92. The van der Waals surface area contributed by atoms with Gasteiger partial charge in [0.05, 0.1) is 18.5 Å². The zero-order valence-corrected chi connectivity index (χ0v) is 9.65. The predicted molar refractivity (Wildman–Crippen MR) is 60.7 cm³/mol. The maximum Gasteiger partial charge on any atom is 0.341 e. The fourth-order valence-corrected chi connectivity index (χ4v) is 1.41. The number of carboxylic acids is 1. The Balaban J connectivity index is 3.20. The van der Waals surface area contributed by atoms with Gasteiger partial charge in [-0.15, -0.1) is 0 Å². The zero-order chi connectivity index (χ0) is 12.3. The lowest BCUT2D eigenvalue weighted by molar-refractivity contribution is 0.0692. The summed E-state index contributed by atoms with van der Waals surface area (Å²) in [6.07, 6.45) is 0.697. The van der Waals surface area contributed by atoms with E-state index in [2.05, 4.69) is 4.98 Å². The SMILES string of the molecule is COc1nc(CC(C)C)c(N)cc1C(=O)O. The molecule has 16 heavy (non-hydrogen) atoms. The third-order valence-corrected chi connectivity index (χ3v) is 2.13. The van der Waals surface area contributed by atoms with Crippen LogP contribution in [0.2, 0.25) is 0 Å². The molecule has 0 amide bonds. The Morgan fingerprint density at radius 3 is 2.69 bits per heavy atom. The molecule has 0 atom stereocenters. The highest BCUT2D eigenvalue weighted by molar-refractivity contribution is 5.91. The molecule has 88 valence electrons. The van der Waals surface area contributed by atoms with Crippen LogP contribution in [-0.2, 0) is 6.42 Å². The molecule has 0 spiro atoms. The number of ether oxygens (including phenoxy) is 1. The summed E-state index contributed by atoms with van der Waals surface area (Å²) >= 11 is 0. The third-order valence-electron chi connectivity index (χ3n) is 2.13. The Morgan fingerprint density at radius 2 is 2.25 bits per heavy atom. The number of hydrogen-bond donors (Lipinski definition) is 2. The summed E-state index contributed by atoms with van der Waals surface area (Å²) in [6.45, 7) is 4.08. The number of nitrogen functional groups attached to an aromatic ring is 1. The summed E-state index contributed by atoms with van der Waals surface area (Å²) in [5.74, 6) is -0.584. The van der Waals surface area contributed by atoms with Gasteiger partial charge >= 0.3 is 5.97 Å². The van der Waals surface area contributed by atoms with Gasteiger partial charge in [0, 0.05) is 0 Å². The van der Waals surface area contributed by atoms with Crippen LogP contribution in [0.3, 0.4) is 0 Å². The molecular formula is C11H16N2O3. The smallest absolute Gasteiger partial charge is 0.341 e. The van der Waals surface area contributed by atoms with Crippen molar-refractivity contribution in [1.82, 2.24) is 4.98 Å². The van der Waals surface area contributed by atoms with Crippen molar-refractivity contribution < 1.29 is 14.6 Å². The minimum atomic E-state index is -1.09. The maximum atomic E-state index is 10.9. The van der Waals surface area contributed by atoms with Crippen LogP contribution in [0, 0.1) is 5.92 Å². The molecule has 5 nitrogen and oxygen atoms in total. The van der Waals surface area contributed by atoms with Gasteiger partial charge in [0.1, 0.15) is 5.56 Å². The first-order valence-corrected chi connectivity index (χ1v) is 5.02. The van der Waals surface area contributed by atoms with E-state index in [-0.39, 0.29) is 11.4 Å². The molecule has 0 aromatic carbocycles. The first kappa shape index (κ1) is 12.3. The number of methoxy groups -OCH3 is 1. The van der Waals surface area contributed by atoms with Crippen molar-refractivity contribution in [1.29, 1.82) is 0 Å². The number of rotatable bonds is 4. The van der Waals surface area contributed by atoms with E-state index in [1.165, 1.54) is 13.2 Å². The highest BCUT2D eigenvalue weighted by Crippen LogP contribution is 2.23. The predicted octanol–water partition coefficient (Wildman–Crippen LogP) is 1.57. The highest BCUT2D eigenvalue weighted by atomic mass is 16.5. The number of pyridine rings is 1. The molecule has 0 saturated carbocycles. The topological polar surface area (TPSA) is 85.4 Å². The summed E-state index contributed by atoms with van der Waals surface area (Å²) in [4.78, 5) is 15.0. The molecule has 0 saturated heterocycles. The molecule has 5 heteroatoms. The van der Waals surface area contributed by atoms with Crippen LogP contribution in [0.1, 0.15) is 29.9 Å². The van der Waals surface area contributed by atoms with Crippen LogP contribution in [0.15, 0.2) is 6.07 Å². The van der Waals surface area contributed by atoms with Crippen molar-refractivity contribution in [3.8, 4) is 5.88 Å². The van der Waals surface area contributed by atoms with Crippen molar-refractivity contribution >= 4 is 11.7 Å². The molecule has 1 aromatic rings. The molecule has 0 bridgehead atoms. The quantitative estimate of drug-likeness (QED) is 0.810. The number of carboxylic acid groups (broad SMARTS) is 1. The van der Waals surface area contributed by atoms with Crippen LogP contribution >= 0.6 is 0 Å². The fourth-order valence-electron chi connectivity index (χ4n) is 1.41. The van der Waals surface area contributed by atoms with Gasteiger partial charge in [-0.1, -0.05) is 13.8 Å². The minimum Gasteiger partial charge on any atom is -0.480 e. The van der Waals surface area contributed by atoms with Gasteiger partial charge in [-0.3, -0.25) is 0 Å². The van der Waals surface area contributed by atoms with Crippen LogP contribution < -0.4 is 10.5 Å². The maximum absolute atomic E-state index is 10.9. The van der Waals surface area contributed by atoms with Crippen molar-refractivity contribution in [3.63, 3.8) is 0 Å². The molecule has 0 aliphatic heterocycles. The normalized spacial score (nSPS) is 10.5. The number of carbonyl (C=O) groups is 1. The van der Waals surface area contributed by atoms with Crippen LogP contribution in [0.25, 0.3) is 0 Å². The largest absolute Gasteiger partial charge is 0.480 e. The number of anilines is 1. The highest BCUT2D eigenvalue weighted by Gasteiger charge is 2.16. The van der Waals surface area contributed by atoms with E-state index in [4.69, 9.17) is 15.6 Å². The van der Waals surface area contributed by atoms with E-state index in [1.807, 2.05) is 13.8 Å². The Hall–Kier alpha value is -1.78. The van der Waals surface area contributed by atoms with Gasteiger partial charge in [-0.2, -0.15) is 0 Å². The number of aromatic nitrogens is 1. The lowest BCUT2D eigenvalue weighted by atomic mass is 10.1. The summed E-state index contributed by atoms with van der Waals surface area (Å²) in [5.41, 5.74) is 6.82. The molecule has 0 unspecified atom stereocenters. The van der Waals surface area contributed by atoms with Gasteiger partial charge in [-0.25, -0.2) is 9.78 Å². The Labute approximate surface area is 94.2 Å². The number of hydrogen-bond acceptors (Lipinski definition) is 4. The molecule has 0 fully saturated rings. The van der Waals surface area contributed by atoms with Gasteiger partial charge < -0.3 is 15.6 Å². The Bertz CT molecular complexity index is 402. The molecule has 1 rings (SSSR count). The van der Waals surface area contributed by atoms with Crippen LogP contribution in [0.4, 0.5) is 5.69 Å². The van der Waals surface area contributed by atoms with E-state index in [0.717, 1.165) is 0 Å². The summed E-state index contributed by atoms with van der Waals surface area (Å²) in [6, 6.07) is 1.39. The van der Waals surface area contributed by atoms with Crippen molar-refractivity contribution in [3.05, 3.63) is 17.3 Å². The lowest BCUT2D eigenvalue weighted by Crippen LogP contribution is -2.09. The summed E-state index contributed by atoms with van der Waals surface area (Å²) < 4.78 is 4.94. The monoisotopic (exact) mass is 224 g/mol. The van der Waals surface area contributed by atoms with Gasteiger partial charge in [-0.05, 0) is 18.4 Å². The molecule has 1 aromatic heterocycles. The Kier molecular flexibility index (Phi) is 3.71. The van der Waals surface area contributed by atoms with Crippen LogP contribution in [0.5, 0.6) is 5.88 Å². The minimum absolute atomic E-state index is 0.00694. The second-order valence-corrected chi connectivity index (χ2v) is 3.98. The van der Waals surface area contributed by atoms with E-state index < -0.39 is 5.97 Å². The van der Waals surface area contributed by atoms with Crippen LogP contribution in [-0.4, -0.2) is 23.2 Å². The molecule has 0 aliphatic rings. The Morgan fingerprint density at radius 1 is 1.62 bits per heavy atom. The second kappa shape index (κ2) is 4.83. The number of nitrogens with two attached hydrogens (primary N) is 1. The van der Waals surface area contributed by atoms with Crippen molar-refractivity contribution in [2.75, 3.05) is 12.8 Å². The van der Waals surface area contributed by atoms with Gasteiger partial charge in [0.25, 0.3) is 0 Å². The average molecular weight is 224 g/mol. The third kappa shape index (κ3) is 2.62. The standard InChI is InChI=1S/C11H16N2O3/c1-6(2)4-9-8(12)5-7(11(14)15)10(13-9)16-3/h5-6H,4,12H2,1-3H3,(H,14,15). The van der Waals surface area contributed by atoms with E-state index >= 15 is 0 Å².